The molecule has 0 atom stereocenters. The molecule has 0 aliphatic carbocycles. The van der Waals surface area contributed by atoms with E-state index in [1.165, 1.54) is 48.2 Å². The van der Waals surface area contributed by atoms with E-state index in [1.807, 2.05) is 0 Å². The summed E-state index contributed by atoms with van der Waals surface area (Å²) in [5.41, 5.74) is 5.15. The Morgan fingerprint density at radius 2 is 1.73 bits per heavy atom. The van der Waals surface area contributed by atoms with Crippen molar-refractivity contribution < 1.29 is 14.5 Å². The fourth-order valence-corrected chi connectivity index (χ4v) is 2.59. The normalized spacial score (nSPS) is 10.5. The van der Waals surface area contributed by atoms with Crippen LogP contribution < -0.4 is 10.9 Å². The summed E-state index contributed by atoms with van der Waals surface area (Å²) < 4.78 is 0. The van der Waals surface area contributed by atoms with E-state index in [1.54, 1.807) is 24.3 Å². The van der Waals surface area contributed by atoms with Gasteiger partial charge in [0.2, 0.25) is 5.91 Å². The molecular formula is C17H14ClN3O4S. The number of nitro benzene ring substituents is 1. The van der Waals surface area contributed by atoms with Crippen molar-refractivity contribution in [1.29, 1.82) is 0 Å². The Morgan fingerprint density at radius 3 is 2.35 bits per heavy atom. The van der Waals surface area contributed by atoms with Gasteiger partial charge in [-0.25, -0.2) is 0 Å². The van der Waals surface area contributed by atoms with Crippen molar-refractivity contribution in [2.24, 2.45) is 0 Å². The van der Waals surface area contributed by atoms with E-state index in [2.05, 4.69) is 10.9 Å². The lowest BCUT2D eigenvalue weighted by atomic mass is 10.2. The van der Waals surface area contributed by atoms with Crippen LogP contribution >= 0.6 is 23.4 Å². The highest BCUT2D eigenvalue weighted by Crippen LogP contribution is 2.19. The molecule has 0 aromatic heterocycles. The Kier molecular flexibility index (Phi) is 7.19. The highest BCUT2D eigenvalue weighted by molar-refractivity contribution is 8.00. The minimum atomic E-state index is -0.520. The van der Waals surface area contributed by atoms with Crippen LogP contribution in [0.2, 0.25) is 5.02 Å². The standard InChI is InChI=1S/C17H14ClN3O4S/c18-13-4-8-15(9-5-13)26-11-17(23)20-19-16(22)10-3-12-1-6-14(7-2-12)21(24)25/h1-10H,11H2,(H,19,22)(H,20,23)/b10-3+. The van der Waals surface area contributed by atoms with Crippen LogP contribution in [0.4, 0.5) is 5.69 Å². The third kappa shape index (κ3) is 6.58. The van der Waals surface area contributed by atoms with Crippen LogP contribution in [0, 0.1) is 10.1 Å². The number of hydrazine groups is 1. The van der Waals surface area contributed by atoms with Crippen molar-refractivity contribution >= 4 is 46.9 Å². The Morgan fingerprint density at radius 1 is 1.08 bits per heavy atom. The molecule has 0 unspecified atom stereocenters. The number of carbonyl (C=O) groups is 2. The van der Waals surface area contributed by atoms with E-state index < -0.39 is 10.8 Å². The van der Waals surface area contributed by atoms with Crippen molar-refractivity contribution in [2.75, 3.05) is 5.75 Å². The SMILES string of the molecule is O=C(/C=C/c1ccc([N+](=O)[O-])cc1)NNC(=O)CSc1ccc(Cl)cc1. The number of hydrogen-bond donors (Lipinski definition) is 2. The number of rotatable bonds is 6. The maximum absolute atomic E-state index is 11.7. The number of non-ortho nitro benzene ring substituents is 1. The average molecular weight is 392 g/mol. The van der Waals surface area contributed by atoms with Gasteiger partial charge in [-0.2, -0.15) is 0 Å². The minimum Gasteiger partial charge on any atom is -0.272 e. The summed E-state index contributed by atoms with van der Waals surface area (Å²) in [7, 11) is 0. The van der Waals surface area contributed by atoms with Gasteiger partial charge in [-0.15, -0.1) is 11.8 Å². The topological polar surface area (TPSA) is 101 Å². The second-order valence-corrected chi connectivity index (χ2v) is 6.45. The largest absolute Gasteiger partial charge is 0.272 e. The number of carbonyl (C=O) groups excluding carboxylic acids is 2. The molecular weight excluding hydrogens is 378 g/mol. The van der Waals surface area contributed by atoms with E-state index in [9.17, 15) is 19.7 Å². The molecule has 2 N–H and O–H groups in total. The number of nitro groups is 1. The maximum Gasteiger partial charge on any atom is 0.269 e. The van der Waals surface area contributed by atoms with Gasteiger partial charge in [0, 0.05) is 28.1 Å². The first-order chi connectivity index (χ1) is 12.4. The van der Waals surface area contributed by atoms with Crippen molar-refractivity contribution in [2.45, 2.75) is 4.90 Å². The quantitative estimate of drug-likeness (QED) is 0.341. The van der Waals surface area contributed by atoms with Gasteiger partial charge in [0.1, 0.15) is 0 Å². The van der Waals surface area contributed by atoms with E-state index >= 15 is 0 Å². The Labute approximate surface area is 158 Å². The fourth-order valence-electron chi connectivity index (χ4n) is 1.77. The van der Waals surface area contributed by atoms with Crippen molar-refractivity contribution in [3.05, 3.63) is 75.3 Å². The first kappa shape index (κ1) is 19.5. The number of amides is 2. The number of thioether (sulfide) groups is 1. The second-order valence-electron chi connectivity index (χ2n) is 4.96. The van der Waals surface area contributed by atoms with Crippen molar-refractivity contribution in [3.63, 3.8) is 0 Å². The molecule has 26 heavy (non-hydrogen) atoms. The van der Waals surface area contributed by atoms with Crippen molar-refractivity contribution in [3.8, 4) is 0 Å². The minimum absolute atomic E-state index is 0.0305. The molecule has 2 rings (SSSR count). The highest BCUT2D eigenvalue weighted by atomic mass is 35.5. The maximum atomic E-state index is 11.7. The van der Waals surface area contributed by atoms with Gasteiger partial charge in [-0.3, -0.25) is 30.6 Å². The number of halogens is 1. The zero-order valence-corrected chi connectivity index (χ0v) is 14.9. The van der Waals surface area contributed by atoms with E-state index in [0.29, 0.717) is 10.6 Å². The van der Waals surface area contributed by atoms with E-state index in [0.717, 1.165) is 4.90 Å². The summed E-state index contributed by atoms with van der Waals surface area (Å²) in [6.07, 6.45) is 2.70. The van der Waals surface area contributed by atoms with E-state index in [-0.39, 0.29) is 17.3 Å². The summed E-state index contributed by atoms with van der Waals surface area (Å²) >= 11 is 7.09. The van der Waals surface area contributed by atoms with Crippen LogP contribution in [0.15, 0.2) is 59.5 Å². The van der Waals surface area contributed by atoms with Crippen molar-refractivity contribution in [1.82, 2.24) is 10.9 Å². The third-order valence-corrected chi connectivity index (χ3v) is 4.30. The fraction of sp³-hybridized carbons (Fsp3) is 0.0588. The average Bonchev–Trinajstić information content (AvgIpc) is 2.64. The molecule has 0 saturated carbocycles. The number of nitrogens with one attached hydrogen (secondary N) is 2. The molecule has 0 radical (unpaired) electrons. The van der Waals surface area contributed by atoms with Gasteiger partial charge < -0.3 is 0 Å². The zero-order valence-electron chi connectivity index (χ0n) is 13.3. The summed E-state index contributed by atoms with van der Waals surface area (Å²) in [4.78, 5) is 34.3. The molecule has 0 saturated heterocycles. The predicted molar refractivity (Wildman–Crippen MR) is 101 cm³/mol. The van der Waals surface area contributed by atoms with E-state index in [4.69, 9.17) is 11.6 Å². The van der Waals surface area contributed by atoms with Gasteiger partial charge >= 0.3 is 0 Å². The molecule has 7 nitrogen and oxygen atoms in total. The van der Waals surface area contributed by atoms with Crippen LogP contribution in [0.5, 0.6) is 0 Å². The predicted octanol–water partition coefficient (Wildman–Crippen LogP) is 3.20. The molecule has 2 amide bonds. The smallest absolute Gasteiger partial charge is 0.269 e. The van der Waals surface area contributed by atoms with Crippen LogP contribution in [0.25, 0.3) is 6.08 Å². The first-order valence-electron chi connectivity index (χ1n) is 7.34. The molecule has 2 aromatic rings. The van der Waals surface area contributed by atoms with Gasteiger partial charge in [-0.05, 0) is 48.0 Å². The van der Waals surface area contributed by atoms with Crippen LogP contribution in [0.3, 0.4) is 0 Å². The molecule has 0 heterocycles. The van der Waals surface area contributed by atoms with Gasteiger partial charge in [-0.1, -0.05) is 11.6 Å². The third-order valence-electron chi connectivity index (χ3n) is 3.04. The monoisotopic (exact) mass is 391 g/mol. The number of benzene rings is 2. The van der Waals surface area contributed by atoms with Crippen LogP contribution in [0.1, 0.15) is 5.56 Å². The molecule has 0 aliphatic heterocycles. The second kappa shape index (κ2) is 9.59. The lowest BCUT2D eigenvalue weighted by molar-refractivity contribution is -0.384. The molecule has 134 valence electrons. The molecule has 0 spiro atoms. The molecule has 0 aliphatic rings. The first-order valence-corrected chi connectivity index (χ1v) is 8.70. The number of nitrogens with zero attached hydrogens (tertiary/aromatic N) is 1. The molecule has 2 aromatic carbocycles. The highest BCUT2D eigenvalue weighted by Gasteiger charge is 2.05. The lowest BCUT2D eigenvalue weighted by Crippen LogP contribution is -2.41. The molecule has 0 bridgehead atoms. The number of hydrogen-bond acceptors (Lipinski definition) is 5. The summed E-state index contributed by atoms with van der Waals surface area (Å²) in [5, 5.41) is 11.2. The lowest BCUT2D eigenvalue weighted by Gasteiger charge is -2.05. The Bertz CT molecular complexity index is 823. The van der Waals surface area contributed by atoms with Gasteiger partial charge in [0.25, 0.3) is 11.6 Å². The van der Waals surface area contributed by atoms with Crippen LogP contribution in [-0.2, 0) is 9.59 Å². The molecule has 0 fully saturated rings. The Balaban J connectivity index is 1.74. The molecule has 9 heteroatoms. The summed E-state index contributed by atoms with van der Waals surface area (Å²) in [5.74, 6) is -0.746. The van der Waals surface area contributed by atoms with Gasteiger partial charge in [0.15, 0.2) is 0 Å². The summed E-state index contributed by atoms with van der Waals surface area (Å²) in [6.45, 7) is 0. The zero-order chi connectivity index (χ0) is 18.9. The summed E-state index contributed by atoms with van der Waals surface area (Å²) in [6, 6.07) is 12.8. The van der Waals surface area contributed by atoms with Gasteiger partial charge in [0.05, 0.1) is 10.7 Å². The van der Waals surface area contributed by atoms with Crippen LogP contribution in [-0.4, -0.2) is 22.5 Å². The Hall–Kier alpha value is -2.84.